The normalized spacial score (nSPS) is 11.7. The number of hydrogen-bond donors (Lipinski definition) is 0. The largest absolute Gasteiger partial charge is 0.792 e. The van der Waals surface area contributed by atoms with Gasteiger partial charge in [-0.15, -0.1) is 0 Å². The van der Waals surface area contributed by atoms with Crippen molar-refractivity contribution in [3.8, 4) is 0 Å². The molecule has 1 aromatic rings. The highest BCUT2D eigenvalue weighted by Crippen LogP contribution is 2.11. The van der Waals surface area contributed by atoms with Crippen LogP contribution in [0.1, 0.15) is 64.0 Å². The quantitative estimate of drug-likeness (QED) is 0.366. The topological polar surface area (TPSA) is 48.3 Å². The second-order valence-electron chi connectivity index (χ2n) is 4.62. The molecule has 0 N–H and O–H groups in total. The third-order valence-electron chi connectivity index (χ3n) is 3.09. The fourth-order valence-electron chi connectivity index (χ4n) is 2.00. The van der Waals surface area contributed by atoms with Crippen molar-refractivity contribution in [3.05, 3.63) is 35.3 Å². The molecule has 0 saturated carbocycles. The van der Waals surface area contributed by atoms with Crippen LogP contribution in [0.15, 0.2) is 29.6 Å². The molecule has 0 radical (unpaired) electrons. The van der Waals surface area contributed by atoms with Gasteiger partial charge in [0.2, 0.25) is 0 Å². The van der Waals surface area contributed by atoms with Crippen LogP contribution >= 0.6 is 0 Å². The van der Waals surface area contributed by atoms with Crippen LogP contribution < -0.4 is 0 Å². The Hall–Kier alpha value is -1.38. The summed E-state index contributed by atoms with van der Waals surface area (Å²) in [6, 6.07) is 5.58. The first-order valence-electron chi connectivity index (χ1n) is 6.99. The first kappa shape index (κ1) is 14.7. The summed E-state index contributed by atoms with van der Waals surface area (Å²) in [5.74, 6) is 0. The number of nitrogens with zero attached hydrogens (tertiary/aromatic N) is 2. The van der Waals surface area contributed by atoms with Crippen molar-refractivity contribution in [3.63, 3.8) is 0 Å². The molecule has 18 heavy (non-hydrogen) atoms. The fraction of sp³-hybridized carbons (Fsp3) is 0.600. The van der Waals surface area contributed by atoms with Crippen molar-refractivity contribution in [1.82, 2.24) is 4.98 Å². The van der Waals surface area contributed by atoms with E-state index in [-0.39, 0.29) is 0 Å². The lowest BCUT2D eigenvalue weighted by atomic mass is 10.1. The molecule has 1 rings (SSSR count). The Kier molecular flexibility index (Phi) is 7.85. The number of unbranched alkanes of at least 4 members (excludes halogenated alkanes) is 6. The summed E-state index contributed by atoms with van der Waals surface area (Å²) in [6.07, 6.45) is 11.2. The van der Waals surface area contributed by atoms with E-state index >= 15 is 0 Å². The van der Waals surface area contributed by atoms with Crippen LogP contribution in [0.2, 0.25) is 0 Å². The Bertz CT molecular complexity index is 336. The second kappa shape index (κ2) is 9.63. The molecule has 0 aliphatic heterocycles. The molecule has 0 atom stereocenters. The van der Waals surface area contributed by atoms with E-state index in [2.05, 4.69) is 17.1 Å². The summed E-state index contributed by atoms with van der Waals surface area (Å²) >= 11 is 0. The molecule has 0 saturated heterocycles. The van der Waals surface area contributed by atoms with Crippen LogP contribution in [0, 0.1) is 5.21 Å². The summed E-state index contributed by atoms with van der Waals surface area (Å²) in [5, 5.41) is 13.9. The number of rotatable bonds is 9. The van der Waals surface area contributed by atoms with E-state index in [9.17, 15) is 5.21 Å². The molecule has 100 valence electrons. The predicted octanol–water partition coefficient (Wildman–Crippen LogP) is 4.51. The van der Waals surface area contributed by atoms with E-state index in [1.165, 1.54) is 38.5 Å². The van der Waals surface area contributed by atoms with E-state index in [0.29, 0.717) is 5.71 Å². The van der Waals surface area contributed by atoms with Crippen LogP contribution in [0.3, 0.4) is 0 Å². The minimum absolute atomic E-state index is 0.587. The Morgan fingerprint density at radius 3 is 2.44 bits per heavy atom. The van der Waals surface area contributed by atoms with E-state index in [1.54, 1.807) is 6.20 Å². The van der Waals surface area contributed by atoms with Crippen molar-refractivity contribution in [2.24, 2.45) is 5.16 Å². The maximum absolute atomic E-state index is 10.8. The Balaban J connectivity index is 2.18. The highest BCUT2D eigenvalue weighted by atomic mass is 16.4. The van der Waals surface area contributed by atoms with Gasteiger partial charge >= 0.3 is 0 Å². The van der Waals surface area contributed by atoms with E-state index in [1.807, 2.05) is 18.2 Å². The summed E-state index contributed by atoms with van der Waals surface area (Å²) < 4.78 is 0. The number of pyridine rings is 1. The highest BCUT2D eigenvalue weighted by molar-refractivity contribution is 5.98. The van der Waals surface area contributed by atoms with Gasteiger partial charge in [-0.05, 0) is 25.0 Å². The van der Waals surface area contributed by atoms with Gasteiger partial charge in [0.15, 0.2) is 0 Å². The third kappa shape index (κ3) is 5.80. The molecule has 0 amide bonds. The average Bonchev–Trinajstić information content (AvgIpc) is 2.43. The van der Waals surface area contributed by atoms with Gasteiger partial charge < -0.3 is 10.4 Å². The van der Waals surface area contributed by atoms with Crippen LogP contribution in [0.25, 0.3) is 0 Å². The van der Waals surface area contributed by atoms with Gasteiger partial charge in [0.1, 0.15) is 0 Å². The van der Waals surface area contributed by atoms with Crippen LogP contribution in [0.4, 0.5) is 0 Å². The summed E-state index contributed by atoms with van der Waals surface area (Å²) in [7, 11) is 0. The Morgan fingerprint density at radius 1 is 1.11 bits per heavy atom. The molecule has 0 aliphatic carbocycles. The molecular weight excluding hydrogens is 224 g/mol. The molecular formula is C15H23N2O-. The predicted molar refractivity (Wildman–Crippen MR) is 76.8 cm³/mol. The maximum atomic E-state index is 10.8. The molecule has 0 unspecified atom stereocenters. The first-order valence-corrected chi connectivity index (χ1v) is 6.99. The van der Waals surface area contributed by atoms with E-state index in [0.717, 1.165) is 18.5 Å². The van der Waals surface area contributed by atoms with Crippen molar-refractivity contribution in [2.45, 2.75) is 58.3 Å². The van der Waals surface area contributed by atoms with Crippen molar-refractivity contribution < 1.29 is 0 Å². The maximum Gasteiger partial charge on any atom is 0.0836 e. The van der Waals surface area contributed by atoms with Crippen LogP contribution in [0.5, 0.6) is 0 Å². The summed E-state index contributed by atoms with van der Waals surface area (Å²) in [5.41, 5.74) is 1.31. The van der Waals surface area contributed by atoms with Gasteiger partial charge in [-0.25, -0.2) is 0 Å². The third-order valence-corrected chi connectivity index (χ3v) is 3.09. The molecule has 0 spiro atoms. The van der Waals surface area contributed by atoms with Gasteiger partial charge in [0.05, 0.1) is 11.4 Å². The molecule has 1 heterocycles. The molecule has 3 heteroatoms. The zero-order valence-electron chi connectivity index (χ0n) is 11.3. The Labute approximate surface area is 110 Å². The first-order chi connectivity index (χ1) is 8.88. The standard InChI is InChI=1S/C15H24N2O/c1-2-3-4-5-6-7-8-12-15(17-18)14-11-9-10-13-16-14/h9-11,13,18H,2-8,12H2,1H3/p-1/b17-15-. The lowest BCUT2D eigenvalue weighted by Crippen LogP contribution is -2.02. The minimum Gasteiger partial charge on any atom is -0.792 e. The average molecular weight is 247 g/mol. The van der Waals surface area contributed by atoms with Crippen LogP contribution in [-0.2, 0) is 0 Å². The summed E-state index contributed by atoms with van der Waals surface area (Å²) in [4.78, 5) is 4.16. The van der Waals surface area contributed by atoms with E-state index in [4.69, 9.17) is 0 Å². The molecule has 0 aliphatic rings. The number of hydrogen-bond acceptors (Lipinski definition) is 3. The van der Waals surface area contributed by atoms with Crippen LogP contribution in [-0.4, -0.2) is 10.7 Å². The molecule has 3 nitrogen and oxygen atoms in total. The monoisotopic (exact) mass is 247 g/mol. The molecule has 0 bridgehead atoms. The number of aromatic nitrogens is 1. The zero-order chi connectivity index (χ0) is 13.1. The van der Waals surface area contributed by atoms with Gasteiger partial charge in [0, 0.05) is 6.20 Å². The van der Waals surface area contributed by atoms with Gasteiger partial charge in [-0.2, -0.15) is 0 Å². The Morgan fingerprint density at radius 2 is 1.83 bits per heavy atom. The second-order valence-corrected chi connectivity index (χ2v) is 4.62. The van der Waals surface area contributed by atoms with Gasteiger partial charge in [0.25, 0.3) is 0 Å². The van der Waals surface area contributed by atoms with E-state index < -0.39 is 0 Å². The zero-order valence-corrected chi connectivity index (χ0v) is 11.3. The van der Waals surface area contributed by atoms with Gasteiger partial charge in [-0.1, -0.05) is 51.5 Å². The molecule has 1 aromatic heterocycles. The van der Waals surface area contributed by atoms with Gasteiger partial charge in [-0.3, -0.25) is 4.98 Å². The molecule has 0 aromatic carbocycles. The lowest BCUT2D eigenvalue weighted by molar-refractivity contribution is 0.595. The highest BCUT2D eigenvalue weighted by Gasteiger charge is 2.02. The van der Waals surface area contributed by atoms with Crippen molar-refractivity contribution in [2.75, 3.05) is 0 Å². The van der Waals surface area contributed by atoms with Crippen molar-refractivity contribution >= 4 is 5.71 Å². The minimum atomic E-state index is 0.587. The fourth-order valence-corrected chi connectivity index (χ4v) is 2.00. The smallest absolute Gasteiger partial charge is 0.0836 e. The SMILES string of the molecule is CCCCCCCCC/C(=N/[O-])c1ccccn1. The lowest BCUT2D eigenvalue weighted by Gasteiger charge is -2.07. The summed E-state index contributed by atoms with van der Waals surface area (Å²) in [6.45, 7) is 2.23. The van der Waals surface area contributed by atoms with Crippen molar-refractivity contribution in [1.29, 1.82) is 0 Å². The molecule has 0 fully saturated rings.